The van der Waals surface area contributed by atoms with E-state index in [2.05, 4.69) is 20.3 Å². The number of aryl methyl sites for hydroxylation is 3. The van der Waals surface area contributed by atoms with E-state index in [9.17, 15) is 19.7 Å². The maximum absolute atomic E-state index is 12.1. The van der Waals surface area contributed by atoms with Crippen LogP contribution >= 0.6 is 0 Å². The molecule has 11 heteroatoms. The number of imidazole rings is 1. The van der Waals surface area contributed by atoms with Gasteiger partial charge in [0.2, 0.25) is 0 Å². The molecule has 0 fully saturated rings. The number of carbonyl (C=O) groups is 1. The predicted molar refractivity (Wildman–Crippen MR) is 112 cm³/mol. The Kier molecular flexibility index (Phi) is 6.43. The third-order valence-corrected chi connectivity index (χ3v) is 4.76. The second-order valence-electron chi connectivity index (χ2n) is 6.81. The molecule has 3 rings (SSSR count). The Morgan fingerprint density at radius 1 is 1.29 bits per heavy atom. The Morgan fingerprint density at radius 3 is 2.77 bits per heavy atom. The quantitative estimate of drug-likeness (QED) is 0.436. The van der Waals surface area contributed by atoms with Gasteiger partial charge in [0.25, 0.3) is 5.56 Å². The highest BCUT2D eigenvalue weighted by molar-refractivity contribution is 5.72. The SMILES string of the molecule is CCc1cc(-c2cncc(OC(=O)NCCn3c([N+](=O)[O-])cnc3C)c2)c(C)[nH]c1=O. The highest BCUT2D eigenvalue weighted by Gasteiger charge is 2.17. The molecule has 3 heterocycles. The Morgan fingerprint density at radius 2 is 2.06 bits per heavy atom. The lowest BCUT2D eigenvalue weighted by Crippen LogP contribution is -2.30. The third-order valence-electron chi connectivity index (χ3n) is 4.76. The lowest BCUT2D eigenvalue weighted by molar-refractivity contribution is -0.392. The van der Waals surface area contributed by atoms with Crippen molar-refractivity contribution in [1.29, 1.82) is 0 Å². The van der Waals surface area contributed by atoms with Crippen LogP contribution in [0.5, 0.6) is 5.75 Å². The average Bonchev–Trinajstić information content (AvgIpc) is 3.09. The number of hydrogen-bond donors (Lipinski definition) is 2. The minimum Gasteiger partial charge on any atom is -0.409 e. The molecule has 1 amide bonds. The van der Waals surface area contributed by atoms with Crippen LogP contribution in [0.3, 0.4) is 0 Å². The van der Waals surface area contributed by atoms with Gasteiger partial charge in [-0.3, -0.25) is 9.78 Å². The van der Waals surface area contributed by atoms with Gasteiger partial charge in [-0.2, -0.15) is 0 Å². The third kappa shape index (κ3) is 4.94. The first kappa shape index (κ1) is 21.7. The summed E-state index contributed by atoms with van der Waals surface area (Å²) in [6.45, 7) is 5.61. The standard InChI is InChI=1S/C20H22N6O5/c1-4-14-8-17(12(2)24-19(14)27)15-7-16(10-21-9-15)31-20(28)22-5-6-25-13(3)23-11-18(25)26(29)30/h7-11H,4-6H2,1-3H3,(H,22,28)(H,24,27). The van der Waals surface area contributed by atoms with E-state index in [1.807, 2.05) is 6.92 Å². The molecule has 0 saturated carbocycles. The van der Waals surface area contributed by atoms with E-state index in [1.165, 1.54) is 17.0 Å². The summed E-state index contributed by atoms with van der Waals surface area (Å²) in [7, 11) is 0. The van der Waals surface area contributed by atoms with Crippen molar-refractivity contribution < 1.29 is 14.5 Å². The number of aromatic nitrogens is 4. The molecule has 11 nitrogen and oxygen atoms in total. The summed E-state index contributed by atoms with van der Waals surface area (Å²) >= 11 is 0. The number of nitrogens with one attached hydrogen (secondary N) is 2. The van der Waals surface area contributed by atoms with Gasteiger partial charge < -0.3 is 25.2 Å². The number of aromatic amines is 1. The van der Waals surface area contributed by atoms with Gasteiger partial charge in [0.15, 0.2) is 11.6 Å². The largest absolute Gasteiger partial charge is 0.412 e. The molecule has 0 spiro atoms. The van der Waals surface area contributed by atoms with Crippen molar-refractivity contribution in [2.75, 3.05) is 6.54 Å². The van der Waals surface area contributed by atoms with Crippen LogP contribution in [0.15, 0.2) is 35.5 Å². The Balaban J connectivity index is 1.66. The molecule has 0 aromatic carbocycles. The molecule has 0 bridgehead atoms. The van der Waals surface area contributed by atoms with Crippen molar-refractivity contribution in [3.8, 4) is 16.9 Å². The summed E-state index contributed by atoms with van der Waals surface area (Å²) < 4.78 is 6.68. The molecule has 31 heavy (non-hydrogen) atoms. The van der Waals surface area contributed by atoms with Crippen molar-refractivity contribution >= 4 is 11.9 Å². The number of nitro groups is 1. The molecule has 0 aliphatic carbocycles. The van der Waals surface area contributed by atoms with Crippen molar-refractivity contribution in [2.45, 2.75) is 33.7 Å². The fourth-order valence-corrected chi connectivity index (χ4v) is 3.14. The first-order valence-corrected chi connectivity index (χ1v) is 9.60. The van der Waals surface area contributed by atoms with Crippen molar-refractivity contribution in [3.05, 3.63) is 68.3 Å². The van der Waals surface area contributed by atoms with Gasteiger partial charge in [0.05, 0.1) is 12.7 Å². The van der Waals surface area contributed by atoms with Crippen LogP contribution in [0.2, 0.25) is 0 Å². The van der Waals surface area contributed by atoms with Crippen LogP contribution in [0.4, 0.5) is 10.6 Å². The molecule has 0 aliphatic rings. The number of pyridine rings is 2. The summed E-state index contributed by atoms with van der Waals surface area (Å²) in [6.07, 6.45) is 4.06. The second-order valence-corrected chi connectivity index (χ2v) is 6.81. The van der Waals surface area contributed by atoms with E-state index in [0.717, 1.165) is 5.56 Å². The van der Waals surface area contributed by atoms with E-state index in [1.54, 1.807) is 32.2 Å². The molecule has 0 atom stereocenters. The molecular formula is C20H22N6O5. The zero-order chi connectivity index (χ0) is 22.5. The van der Waals surface area contributed by atoms with Gasteiger partial charge in [0.1, 0.15) is 12.7 Å². The Labute approximate surface area is 177 Å². The minimum atomic E-state index is -0.716. The van der Waals surface area contributed by atoms with Crippen molar-refractivity contribution in [3.63, 3.8) is 0 Å². The Bertz CT molecular complexity index is 1180. The molecule has 2 N–H and O–H groups in total. The first-order valence-electron chi connectivity index (χ1n) is 9.60. The predicted octanol–water partition coefficient (Wildman–Crippen LogP) is 2.51. The van der Waals surface area contributed by atoms with Crippen LogP contribution in [0.25, 0.3) is 11.1 Å². The average molecular weight is 426 g/mol. The lowest BCUT2D eigenvalue weighted by Gasteiger charge is -2.10. The van der Waals surface area contributed by atoms with Crippen LogP contribution in [-0.4, -0.2) is 37.1 Å². The van der Waals surface area contributed by atoms with Crippen molar-refractivity contribution in [1.82, 2.24) is 24.8 Å². The van der Waals surface area contributed by atoms with Gasteiger partial charge in [0, 0.05) is 35.5 Å². The van der Waals surface area contributed by atoms with Crippen LogP contribution in [0, 0.1) is 24.0 Å². The second kappa shape index (κ2) is 9.20. The summed E-state index contributed by atoms with van der Waals surface area (Å²) in [6, 6.07) is 3.45. The highest BCUT2D eigenvalue weighted by atomic mass is 16.6. The van der Waals surface area contributed by atoms with Gasteiger partial charge in [-0.1, -0.05) is 6.92 Å². The summed E-state index contributed by atoms with van der Waals surface area (Å²) in [5.74, 6) is 0.553. The van der Waals surface area contributed by atoms with E-state index in [0.29, 0.717) is 29.1 Å². The summed E-state index contributed by atoms with van der Waals surface area (Å²) in [4.78, 5) is 45.4. The van der Waals surface area contributed by atoms with E-state index in [4.69, 9.17) is 4.74 Å². The lowest BCUT2D eigenvalue weighted by atomic mass is 10.0. The number of H-pyrrole nitrogens is 1. The van der Waals surface area contributed by atoms with Crippen LogP contribution in [0.1, 0.15) is 24.0 Å². The maximum Gasteiger partial charge on any atom is 0.412 e. The van der Waals surface area contributed by atoms with Gasteiger partial charge in [-0.05, 0) is 30.4 Å². The Hall–Kier alpha value is -4.02. The molecular weight excluding hydrogens is 404 g/mol. The normalized spacial score (nSPS) is 10.7. The number of nitrogens with zero attached hydrogens (tertiary/aromatic N) is 4. The number of amides is 1. The number of hydrogen-bond acceptors (Lipinski definition) is 7. The monoisotopic (exact) mass is 426 g/mol. The zero-order valence-corrected chi connectivity index (χ0v) is 17.3. The van der Waals surface area contributed by atoms with E-state index >= 15 is 0 Å². The van der Waals surface area contributed by atoms with Gasteiger partial charge >= 0.3 is 11.9 Å². The topological polar surface area (TPSA) is 145 Å². The zero-order valence-electron chi connectivity index (χ0n) is 17.3. The van der Waals surface area contributed by atoms with E-state index in [-0.39, 0.29) is 30.2 Å². The highest BCUT2D eigenvalue weighted by Crippen LogP contribution is 2.25. The molecule has 0 unspecified atom stereocenters. The molecule has 162 valence electrons. The number of carbonyl (C=O) groups excluding carboxylic acids is 1. The summed E-state index contributed by atoms with van der Waals surface area (Å²) in [5, 5.41) is 13.6. The molecule has 3 aromatic heterocycles. The number of ether oxygens (including phenoxy) is 1. The molecule has 0 radical (unpaired) electrons. The van der Waals surface area contributed by atoms with Gasteiger partial charge in [-0.25, -0.2) is 14.3 Å². The molecule has 0 saturated heterocycles. The van der Waals surface area contributed by atoms with Gasteiger partial charge in [-0.15, -0.1) is 0 Å². The fourth-order valence-electron chi connectivity index (χ4n) is 3.14. The number of rotatable bonds is 7. The van der Waals surface area contributed by atoms with Crippen molar-refractivity contribution in [2.24, 2.45) is 0 Å². The van der Waals surface area contributed by atoms with Crippen LogP contribution in [-0.2, 0) is 13.0 Å². The van der Waals surface area contributed by atoms with E-state index < -0.39 is 11.0 Å². The molecule has 0 aliphatic heterocycles. The molecule has 3 aromatic rings. The summed E-state index contributed by atoms with van der Waals surface area (Å²) in [5.41, 5.74) is 2.68. The minimum absolute atomic E-state index is 0.114. The van der Waals surface area contributed by atoms with Crippen LogP contribution < -0.4 is 15.6 Å². The fraction of sp³-hybridized carbons (Fsp3) is 0.300. The maximum atomic E-state index is 12.1. The first-order chi connectivity index (χ1) is 14.8. The smallest absolute Gasteiger partial charge is 0.409 e.